The summed E-state index contributed by atoms with van der Waals surface area (Å²) in [7, 11) is 0. The number of halogens is 2. The number of aromatic nitrogens is 3. The number of carbonyl (C=O) groups is 4. The van der Waals surface area contributed by atoms with Crippen molar-refractivity contribution in [1.82, 2.24) is 40.3 Å². The SMILES string of the molecule is C#Cc1c(F)ccc2cc(O)cc(-c3ncc4c(N5CC6CCC(C5)N6)nc(OCC5(CN6CCC(CN7CCN(c8cccc9c8C(=O)N(C8CCC(=O)NC8=O)C9=O)CC7)CC6)CC5)nc4c3F)c12. The number of aromatic hydroxyl groups is 1. The number of benzene rings is 3. The molecule has 2 aromatic heterocycles. The molecule has 6 aliphatic heterocycles. The second kappa shape index (κ2) is 17.8. The molecule has 71 heavy (non-hydrogen) atoms. The highest BCUT2D eigenvalue weighted by Gasteiger charge is 2.47. The standard InChI is InChI=1S/C53H54F2N10O6/c1-2-35-39(54)9-6-31-22-34(66)23-37(43(31)35)46-45(55)47-38(24-56-46)48(64-26-32-7-8-33(27-64)57-32)60-52(59-47)71-29-53(14-15-53)28-62-16-12-30(13-17-62)25-61-18-20-63(21-19-61)40-5-3-4-36-44(40)51(70)65(50(36)69)41-10-11-42(67)58-49(41)68/h1,3-6,9,22-24,30,32-33,41,57,66H,7-8,10-21,25-29H2,(H,58,67,68). The maximum Gasteiger partial charge on any atom is 0.319 e. The summed E-state index contributed by atoms with van der Waals surface area (Å²) in [5, 5.41) is 17.8. The first kappa shape index (κ1) is 45.3. The molecule has 3 atom stereocenters. The summed E-state index contributed by atoms with van der Waals surface area (Å²) in [6.07, 6.45) is 13.7. The molecule has 3 aromatic carbocycles. The lowest BCUT2D eigenvalue weighted by molar-refractivity contribution is -0.136. The van der Waals surface area contributed by atoms with Gasteiger partial charge in [0, 0.05) is 93.4 Å². The van der Waals surface area contributed by atoms with E-state index in [1.54, 1.807) is 18.3 Å². The predicted molar refractivity (Wildman–Crippen MR) is 260 cm³/mol. The van der Waals surface area contributed by atoms with Crippen LogP contribution in [0.1, 0.15) is 77.6 Å². The van der Waals surface area contributed by atoms with Crippen LogP contribution in [0.4, 0.5) is 20.3 Å². The van der Waals surface area contributed by atoms with E-state index >= 15 is 8.78 Å². The molecule has 4 amide bonds. The predicted octanol–water partition coefficient (Wildman–Crippen LogP) is 4.85. The second-order valence-corrected chi connectivity index (χ2v) is 20.7. The Hall–Kier alpha value is -6.81. The van der Waals surface area contributed by atoms with Crippen LogP contribution >= 0.6 is 0 Å². The van der Waals surface area contributed by atoms with E-state index in [0.29, 0.717) is 72.1 Å². The number of nitrogens with one attached hydrogen (secondary N) is 2. The normalized spacial score (nSPS) is 23.7. The number of phenols is 1. The number of carbonyl (C=O) groups excluding carboxylic acids is 4. The number of hydrogen-bond acceptors (Lipinski definition) is 14. The first-order valence-electron chi connectivity index (χ1n) is 24.9. The molecular weight excluding hydrogens is 911 g/mol. The number of fused-ring (bicyclic) bond motifs is 5. The van der Waals surface area contributed by atoms with Gasteiger partial charge < -0.3 is 29.9 Å². The molecule has 3 N–H and O–H groups in total. The molecule has 8 heterocycles. The number of terminal acetylenes is 1. The number of nitrogens with zero attached hydrogens (tertiary/aromatic N) is 8. The van der Waals surface area contributed by atoms with Gasteiger partial charge in [-0.2, -0.15) is 9.97 Å². The van der Waals surface area contributed by atoms with Crippen LogP contribution in [0.5, 0.6) is 11.8 Å². The van der Waals surface area contributed by atoms with Gasteiger partial charge in [-0.1, -0.05) is 18.1 Å². The van der Waals surface area contributed by atoms with E-state index in [-0.39, 0.29) is 69.8 Å². The van der Waals surface area contributed by atoms with Gasteiger partial charge in [0.15, 0.2) is 5.82 Å². The van der Waals surface area contributed by atoms with Gasteiger partial charge >= 0.3 is 6.01 Å². The molecule has 6 fully saturated rings. The molecule has 2 bridgehead atoms. The first-order chi connectivity index (χ1) is 34.4. The Morgan fingerprint density at radius 2 is 1.63 bits per heavy atom. The first-order valence-corrected chi connectivity index (χ1v) is 24.9. The molecule has 1 aliphatic carbocycles. The minimum absolute atomic E-state index is 0.0258. The number of rotatable bonds is 11. The number of hydrogen-bond donors (Lipinski definition) is 3. The number of piperidine rings is 2. The Labute approximate surface area is 408 Å². The number of piperazine rings is 2. The highest BCUT2D eigenvalue weighted by Crippen LogP contribution is 2.47. The third-order valence-electron chi connectivity index (χ3n) is 16.0. The van der Waals surface area contributed by atoms with Crippen molar-refractivity contribution in [2.24, 2.45) is 11.3 Å². The molecule has 7 aliphatic rings. The number of ether oxygens (including phenoxy) is 1. The fourth-order valence-electron chi connectivity index (χ4n) is 12.1. The zero-order valence-electron chi connectivity index (χ0n) is 39.3. The van der Waals surface area contributed by atoms with Crippen molar-refractivity contribution in [1.29, 1.82) is 0 Å². The van der Waals surface area contributed by atoms with Crippen LogP contribution in [0.15, 0.2) is 48.7 Å². The Balaban J connectivity index is 0.696. The van der Waals surface area contributed by atoms with E-state index in [2.05, 4.69) is 41.1 Å². The molecule has 5 saturated heterocycles. The van der Waals surface area contributed by atoms with Crippen molar-refractivity contribution in [2.75, 3.05) is 81.9 Å². The van der Waals surface area contributed by atoms with Gasteiger partial charge in [0.2, 0.25) is 11.8 Å². The van der Waals surface area contributed by atoms with Crippen LogP contribution in [-0.4, -0.2) is 149 Å². The summed E-state index contributed by atoms with van der Waals surface area (Å²) in [5.41, 5.74) is 1.28. The zero-order chi connectivity index (χ0) is 48.7. The highest BCUT2D eigenvalue weighted by molar-refractivity contribution is 6.25. The average molecular weight is 965 g/mol. The Morgan fingerprint density at radius 1 is 0.859 bits per heavy atom. The Bertz CT molecular complexity index is 3080. The number of pyridine rings is 1. The smallest absolute Gasteiger partial charge is 0.319 e. The molecular formula is C53H54F2N10O6. The zero-order valence-corrected chi connectivity index (χ0v) is 39.3. The van der Waals surface area contributed by atoms with Crippen LogP contribution in [0, 0.1) is 35.3 Å². The molecule has 3 unspecified atom stereocenters. The minimum Gasteiger partial charge on any atom is -0.508 e. The van der Waals surface area contributed by atoms with E-state index < -0.39 is 41.3 Å². The second-order valence-electron chi connectivity index (χ2n) is 20.7. The minimum atomic E-state index is -1.00. The summed E-state index contributed by atoms with van der Waals surface area (Å²) in [4.78, 5) is 76.2. The summed E-state index contributed by atoms with van der Waals surface area (Å²) >= 11 is 0. The van der Waals surface area contributed by atoms with E-state index in [0.717, 1.165) is 82.7 Å². The Kier molecular flexibility index (Phi) is 11.4. The lowest BCUT2D eigenvalue weighted by Gasteiger charge is -2.40. The summed E-state index contributed by atoms with van der Waals surface area (Å²) in [5.74, 6) is -0.0157. The molecule has 0 spiro atoms. The van der Waals surface area contributed by atoms with Crippen LogP contribution in [0.2, 0.25) is 0 Å². The third-order valence-corrected chi connectivity index (χ3v) is 16.0. The van der Waals surface area contributed by atoms with Crippen LogP contribution in [0.3, 0.4) is 0 Å². The van der Waals surface area contributed by atoms with Crippen molar-refractivity contribution in [3.05, 3.63) is 77.0 Å². The van der Waals surface area contributed by atoms with Crippen molar-refractivity contribution < 1.29 is 37.8 Å². The lowest BCUT2D eigenvalue weighted by atomic mass is 9.94. The van der Waals surface area contributed by atoms with Crippen molar-refractivity contribution in [2.45, 2.75) is 69.5 Å². The summed E-state index contributed by atoms with van der Waals surface area (Å²) < 4.78 is 38.7. The van der Waals surface area contributed by atoms with Crippen molar-refractivity contribution >= 4 is 56.8 Å². The van der Waals surface area contributed by atoms with Gasteiger partial charge in [0.05, 0.1) is 34.4 Å². The van der Waals surface area contributed by atoms with Gasteiger partial charge in [-0.25, -0.2) is 8.78 Å². The van der Waals surface area contributed by atoms with Gasteiger partial charge in [-0.05, 0) is 99.7 Å². The molecule has 16 nitrogen and oxygen atoms in total. The molecule has 5 aromatic rings. The van der Waals surface area contributed by atoms with Gasteiger partial charge in [0.25, 0.3) is 11.8 Å². The molecule has 18 heteroatoms. The van der Waals surface area contributed by atoms with E-state index in [4.69, 9.17) is 21.1 Å². The van der Waals surface area contributed by atoms with Crippen LogP contribution in [0.25, 0.3) is 32.9 Å². The monoisotopic (exact) mass is 964 g/mol. The topological polar surface area (TPSA) is 177 Å². The maximum absolute atomic E-state index is 17.1. The summed E-state index contributed by atoms with van der Waals surface area (Å²) in [6.45, 7) is 8.61. The quantitative estimate of drug-likeness (QED) is 0.121. The van der Waals surface area contributed by atoms with Gasteiger partial charge in [0.1, 0.15) is 34.6 Å². The molecule has 1 saturated carbocycles. The number of phenolic OH excluding ortho intramolecular Hbond substituents is 1. The summed E-state index contributed by atoms with van der Waals surface area (Å²) in [6, 6.07) is 10.5. The number of anilines is 2. The van der Waals surface area contributed by atoms with E-state index in [1.807, 2.05) is 6.07 Å². The van der Waals surface area contributed by atoms with Crippen molar-refractivity contribution in [3.8, 4) is 35.4 Å². The van der Waals surface area contributed by atoms with Crippen molar-refractivity contribution in [3.63, 3.8) is 0 Å². The number of likely N-dealkylation sites (tertiary alicyclic amines) is 1. The Morgan fingerprint density at radius 3 is 2.37 bits per heavy atom. The van der Waals surface area contributed by atoms with Crippen LogP contribution < -0.4 is 25.2 Å². The molecule has 366 valence electrons. The number of amides is 4. The van der Waals surface area contributed by atoms with E-state index in [9.17, 15) is 24.3 Å². The van der Waals surface area contributed by atoms with Gasteiger partial charge in [-0.15, -0.1) is 6.42 Å². The lowest BCUT2D eigenvalue weighted by Crippen LogP contribution is -2.54. The third kappa shape index (κ3) is 8.27. The fraction of sp³-hybridized carbons (Fsp3) is 0.453. The highest BCUT2D eigenvalue weighted by atomic mass is 19.1. The maximum atomic E-state index is 17.1. The molecule has 12 rings (SSSR count). The fourth-order valence-corrected chi connectivity index (χ4v) is 12.1. The largest absolute Gasteiger partial charge is 0.508 e. The van der Waals surface area contributed by atoms with E-state index in [1.165, 1.54) is 24.3 Å². The van der Waals surface area contributed by atoms with Gasteiger partial charge in [-0.3, -0.25) is 39.3 Å². The number of imide groups is 2. The molecule has 0 radical (unpaired) electrons. The van der Waals surface area contributed by atoms with Crippen LogP contribution in [-0.2, 0) is 9.59 Å². The average Bonchev–Trinajstić information content (AvgIpc) is 3.99.